The Labute approximate surface area is 935 Å². The van der Waals surface area contributed by atoms with Crippen molar-refractivity contribution in [2.24, 2.45) is 33.1 Å². The maximum atomic E-state index is 12.8. The van der Waals surface area contributed by atoms with Crippen molar-refractivity contribution in [2.75, 3.05) is 84.3 Å². The molecule has 47 heteroatoms. The number of alkyl carbamates (subject to hydrolysis) is 2. The molecule has 15 aromatic heterocycles. The normalized spacial score (nSPS) is 18.1. The maximum Gasteiger partial charge on any atom is 1.00 e. The molecule has 8 aliphatic rings. The minimum atomic E-state index is -0.576. The molecular weight excluding hydrogens is 2220 g/mol. The number of fused-ring (bicyclic) bond motifs is 8. The van der Waals surface area contributed by atoms with Crippen molar-refractivity contribution >= 4 is 220 Å². The second kappa shape index (κ2) is 48.2. The predicted molar refractivity (Wildman–Crippen MR) is 594 cm³/mol. The van der Waals surface area contributed by atoms with E-state index in [9.17, 15) is 9.59 Å². The first kappa shape index (κ1) is 112. The molecule has 23 rings (SSSR count). The average Bonchev–Trinajstić information content (AvgIpc) is 1.57. The molecule has 5 radical (unpaired) electrons. The van der Waals surface area contributed by atoms with Crippen LogP contribution in [0.1, 0.15) is 177 Å². The molecule has 0 unspecified atom stereocenters. The summed E-state index contributed by atoms with van der Waals surface area (Å²) in [6.07, 6.45) is 45.2. The van der Waals surface area contributed by atoms with Gasteiger partial charge >= 0.3 is 41.7 Å². The van der Waals surface area contributed by atoms with E-state index >= 15 is 0 Å². The number of anilines is 6. The quantitative estimate of drug-likeness (QED) is 0.0288. The van der Waals surface area contributed by atoms with Gasteiger partial charge in [-0.3, -0.25) is 37.5 Å². The van der Waals surface area contributed by atoms with Crippen LogP contribution < -0.4 is 88.9 Å². The zero-order valence-electron chi connectivity index (χ0n) is 80.4. The van der Waals surface area contributed by atoms with Crippen molar-refractivity contribution in [3.63, 3.8) is 0 Å². The number of pyridine rings is 7. The number of carbonyl (C=O) groups is 2. The Balaban J connectivity index is 0.000000146. The number of carbonyl (C=O) groups excluding carboxylic acids is 2. The summed E-state index contributed by atoms with van der Waals surface area (Å²) in [7, 11) is 10.0. The van der Waals surface area contributed by atoms with Crippen LogP contribution in [0.3, 0.4) is 0 Å². The zero-order chi connectivity index (χ0) is 101. The molecule has 4 fully saturated rings. The molecule has 13 N–H and O–H groups in total. The third-order valence-corrected chi connectivity index (χ3v) is 32.9. The van der Waals surface area contributed by atoms with Gasteiger partial charge in [0.1, 0.15) is 28.7 Å². The van der Waals surface area contributed by atoms with E-state index in [0.29, 0.717) is 48.1 Å². The van der Waals surface area contributed by atoms with E-state index in [1.54, 1.807) is 60.0 Å². The molecule has 4 spiro atoms. The van der Waals surface area contributed by atoms with Crippen molar-refractivity contribution < 1.29 is 48.6 Å². The third kappa shape index (κ3) is 24.5. The first-order valence-electron chi connectivity index (χ1n) is 46.6. The smallest absolute Gasteiger partial charge is 0.778 e. The van der Waals surface area contributed by atoms with Crippen LogP contribution in [0.4, 0.5) is 44.9 Å². The number of hydrogen-bond acceptors (Lipinski definition) is 31. The monoisotopic (exact) mass is 2330 g/mol. The number of nitrogens with two attached hydrogens (primary N) is 5. The van der Waals surface area contributed by atoms with Crippen LogP contribution in [-0.2, 0) is 47.8 Å². The fraction of sp³-hybridized carbons (Fsp3) is 0.384. The van der Waals surface area contributed by atoms with Crippen LogP contribution >= 0.6 is 115 Å². The summed E-state index contributed by atoms with van der Waals surface area (Å²) < 4.78 is 21.1. The van der Waals surface area contributed by atoms with Crippen LogP contribution in [0.5, 0.6) is 0 Å². The summed E-state index contributed by atoms with van der Waals surface area (Å²) in [6.45, 7) is 18.5. The standard InChI is InChI=1S/C28H31ClN8O2S.C23H23ClN8S.C23H27IN6O2.C12H17N3.C6H3ClIN3.C5H5ClN2S.2CH4.B3.Na/c1-27(2,3)39-26(38)35-22-21-17(5-4-9-31-21)15-28(22)7-12-36(13-8-28)25-34-16-19(24-33-11-14-37(24)25)40-18-6-10-32-23(30)20(18)29;24-17-15(3-7-28-20(17)26)33-16-13-30-22(32-11-8-29-21(16)32)31-9-4-23(5-10-31)12-14-2-1-6-27-18(14)19(23)25;1-22(2,3)32-21(31)28-18-17-15(5-4-8-25-17)13-23(18)6-10-29(11-7-23)20-27-14-16(24)19-26-9-12-30(19)20;13-11-10-9(2-1-5-15-10)8-12(11)3-6-14-7-4-12;7-6-10-3-4(8)5-9-1-2-11(5)6;6-4-3(9)1-2-8-5(4)7;;;1-3-2;/h4-6,9-11,14,16,22H,7-8,12-13,15H2,1-3H3,(H2,30,32)(H,35,38);1-3,6-8,11,13,19H,4-5,9-10,12,25H2,(H2,26,28);4-5,8-9,12,14,18H,6-7,10-11,13H2,1-3H3,(H,28,31);1-2,5,11,14H,3-4,6-8,13H2;1-3H;1-2H,(H3,7,8,9);2*1H4;;/q;;;;;;;;;+1/p-1/t22-;19-;18-;11-;;;;;;/m1111....../s1. The van der Waals surface area contributed by atoms with Crippen LogP contribution in [-0.4, -0.2) is 191 Å². The van der Waals surface area contributed by atoms with Crippen molar-refractivity contribution in [3.05, 3.63) is 257 Å². The van der Waals surface area contributed by atoms with Gasteiger partial charge in [-0.15, -0.1) is 0 Å². The van der Waals surface area contributed by atoms with Crippen LogP contribution in [0.2, 0.25) is 20.4 Å². The van der Waals surface area contributed by atoms with E-state index in [0.717, 1.165) is 214 Å². The third-order valence-electron chi connectivity index (χ3n) is 27.1. The number of hydrogen-bond donors (Lipinski definition) is 8. The Morgan fingerprint density at radius 1 is 0.432 bits per heavy atom. The van der Waals surface area contributed by atoms with Crippen LogP contribution in [0, 0.1) is 28.8 Å². The van der Waals surface area contributed by atoms with E-state index < -0.39 is 17.3 Å². The maximum absolute atomic E-state index is 12.8. The number of halogens is 6. The summed E-state index contributed by atoms with van der Waals surface area (Å²) in [4.78, 5) is 103. The molecule has 4 aliphatic heterocycles. The van der Waals surface area contributed by atoms with E-state index in [4.69, 9.17) is 112 Å². The van der Waals surface area contributed by atoms with E-state index in [-0.39, 0.29) is 90.9 Å². The molecule has 0 saturated carbocycles. The van der Waals surface area contributed by atoms with Crippen LogP contribution in [0.25, 0.3) is 22.6 Å². The summed E-state index contributed by atoms with van der Waals surface area (Å²) in [5.74, 6) is 3.54. The van der Waals surface area contributed by atoms with Gasteiger partial charge < -0.3 is 81.4 Å². The second-order valence-corrected chi connectivity index (χ2v) is 44.6. The van der Waals surface area contributed by atoms with Gasteiger partial charge in [-0.1, -0.05) is 104 Å². The van der Waals surface area contributed by atoms with Gasteiger partial charge in [0.25, 0.3) is 0 Å². The second-order valence-electron chi connectivity index (χ2n) is 38.2. The van der Waals surface area contributed by atoms with Crippen molar-refractivity contribution in [1.82, 2.24) is 108 Å². The summed E-state index contributed by atoms with van der Waals surface area (Å²) in [6, 6.07) is 21.6. The van der Waals surface area contributed by atoms with Crippen molar-refractivity contribution in [2.45, 2.75) is 193 Å². The Bertz CT molecular complexity index is 7050. The largest absolute Gasteiger partial charge is 1.00 e. The molecule has 0 bridgehead atoms. The fourth-order valence-electron chi connectivity index (χ4n) is 20.2. The minimum Gasteiger partial charge on any atom is -0.778 e. The van der Waals surface area contributed by atoms with Crippen molar-refractivity contribution in [1.29, 1.82) is 0 Å². The molecule has 0 aromatic carbocycles. The van der Waals surface area contributed by atoms with Gasteiger partial charge in [0.05, 0.1) is 78.9 Å². The number of amides is 2. The number of rotatable bonds is 9. The van der Waals surface area contributed by atoms with E-state index in [2.05, 4.69) is 180 Å². The van der Waals surface area contributed by atoms with Gasteiger partial charge in [-0.25, -0.2) is 64.4 Å². The summed E-state index contributed by atoms with van der Waals surface area (Å²) in [5.41, 5.74) is 41.7. The Hall–Kier alpha value is -9.52. The summed E-state index contributed by atoms with van der Waals surface area (Å²) >= 11 is 36.3. The number of imidazole rings is 4. The number of aromatic nitrogens is 19. The molecule has 19 heterocycles. The number of nitrogens with zero attached hydrogens (tertiary/aromatic N) is 22. The van der Waals surface area contributed by atoms with E-state index in [1.807, 2.05) is 149 Å². The Morgan fingerprint density at radius 3 is 1.13 bits per heavy atom. The molecule has 4 atom stereocenters. The van der Waals surface area contributed by atoms with Gasteiger partial charge in [0, 0.05) is 200 Å². The molecule has 4 saturated heterocycles. The predicted octanol–water partition coefficient (Wildman–Crippen LogP) is 14.6. The Morgan fingerprint density at radius 2 is 0.753 bits per heavy atom. The fourth-order valence-corrected chi connectivity index (χ4v) is 24.0. The van der Waals surface area contributed by atoms with Gasteiger partial charge in [-0.2, -0.15) is 4.90 Å². The first-order chi connectivity index (χ1) is 68.7. The SMILES string of the molecule is C.C.CC(C)(C)OC(=O)N[C@@H]1c2ncccc2CC12CCN(c1ncc(I)c3nccn13)CC2.CC(C)(C)OC(=O)N[C@@H]1c2ncccc2CC12CCN(c1ncc(Sc3ccnc(N)c3Cl)c3nccn13)CC2.Clc1ncc(I)c2nccn12.N[C@@H]1c2ncccc2CC12CCNCC2.Nc1nccc(Sc2cnc(N3CCC4(CC3)Cc3cccnc3[C@H]4N)n3ccnc23)c1Cl.Nc1nccc([S-])c1Cl.[B][B][B].[Na+]. The van der Waals surface area contributed by atoms with Gasteiger partial charge in [0.15, 0.2) is 22.6 Å². The van der Waals surface area contributed by atoms with Crippen LogP contribution in [0.15, 0.2) is 209 Å². The van der Waals surface area contributed by atoms with E-state index in [1.165, 1.54) is 64.8 Å². The van der Waals surface area contributed by atoms with Crippen molar-refractivity contribution in [3.8, 4) is 0 Å². The molecule has 753 valence electrons. The molecular formula is C99H113B3Cl4I2N30NaO4S3. The number of ether oxygens (including phenoxy) is 2. The molecule has 146 heavy (non-hydrogen) atoms. The first-order valence-corrected chi connectivity index (χ1v) is 52.3. The number of nitrogen functional groups attached to an aromatic ring is 3. The topological polar surface area (TPSA) is 439 Å². The zero-order valence-corrected chi connectivity index (χ0v) is 92.1. The minimum absolute atomic E-state index is 0. The molecule has 4 aliphatic carbocycles. The number of piperidine rings is 4. The van der Waals surface area contributed by atoms with Gasteiger partial charge in [-0.05, 0) is 258 Å². The molecule has 15 aromatic rings. The van der Waals surface area contributed by atoms with Gasteiger partial charge in [0.2, 0.25) is 23.1 Å². The molecule has 34 nitrogen and oxygen atoms in total. The average molecular weight is 2330 g/mol. The summed E-state index contributed by atoms with van der Waals surface area (Å²) in [5, 5.41) is 11.4. The Kier molecular flexibility index (Phi) is 37.0. The number of nitrogens with one attached hydrogen (secondary N) is 3. The molecule has 2 amide bonds.